The molecule has 0 amide bonds. The maximum atomic E-state index is 3.95. The first-order chi connectivity index (χ1) is 6.81. The third kappa shape index (κ3) is 1.53. The molecule has 1 aromatic rings. The van der Waals surface area contributed by atoms with E-state index in [2.05, 4.69) is 49.0 Å². The number of aryl methyl sites for hydroxylation is 1. The fourth-order valence-electron chi connectivity index (χ4n) is 1.69. The number of allylic oxidation sites excluding steroid dienone is 4. The zero-order valence-corrected chi connectivity index (χ0v) is 8.33. The van der Waals surface area contributed by atoms with Gasteiger partial charge in [-0.1, -0.05) is 24.3 Å². The van der Waals surface area contributed by atoms with Crippen molar-refractivity contribution in [1.29, 1.82) is 0 Å². The van der Waals surface area contributed by atoms with E-state index in [1.54, 1.807) is 0 Å². The van der Waals surface area contributed by atoms with Crippen molar-refractivity contribution in [1.82, 2.24) is 0 Å². The molecule has 70 valence electrons. The minimum Gasteiger partial charge on any atom is -0.264 e. The van der Waals surface area contributed by atoms with E-state index in [9.17, 15) is 0 Å². The molecular weight excluding hydrogens is 170 g/mol. The van der Waals surface area contributed by atoms with E-state index in [1.807, 2.05) is 6.07 Å². The molecule has 1 aliphatic carbocycles. The van der Waals surface area contributed by atoms with Gasteiger partial charge in [0, 0.05) is 0 Å². The number of hydrogen-bond acceptors (Lipinski definition) is 1. The molecule has 1 aromatic carbocycles. The third-order valence-electron chi connectivity index (χ3n) is 2.51. The van der Waals surface area contributed by atoms with E-state index in [-0.39, 0.29) is 0 Å². The Hall–Kier alpha value is -1.63. The van der Waals surface area contributed by atoms with E-state index < -0.39 is 0 Å². The van der Waals surface area contributed by atoms with Gasteiger partial charge >= 0.3 is 0 Å². The largest absolute Gasteiger partial charge is 0.264 e. The smallest absolute Gasteiger partial charge is 0.0651 e. The Morgan fingerprint density at radius 2 is 2.21 bits per heavy atom. The maximum absolute atomic E-state index is 3.95. The molecule has 1 nitrogen and oxygen atoms in total. The zero-order chi connectivity index (χ0) is 9.97. The highest BCUT2D eigenvalue weighted by Gasteiger charge is 2.04. The minimum absolute atomic E-state index is 0.973. The van der Waals surface area contributed by atoms with Crippen molar-refractivity contribution in [2.45, 2.75) is 13.3 Å². The van der Waals surface area contributed by atoms with Gasteiger partial charge in [0.1, 0.15) is 0 Å². The van der Waals surface area contributed by atoms with Gasteiger partial charge in [-0.05, 0) is 48.9 Å². The lowest BCUT2D eigenvalue weighted by atomic mass is 10.0. The Labute approximate surface area is 84.5 Å². The first kappa shape index (κ1) is 8.95. The van der Waals surface area contributed by atoms with Crippen LogP contribution < -0.4 is 0 Å². The van der Waals surface area contributed by atoms with Crippen molar-refractivity contribution in [2.24, 2.45) is 4.99 Å². The third-order valence-corrected chi connectivity index (χ3v) is 2.51. The molecule has 1 heteroatoms. The summed E-state index contributed by atoms with van der Waals surface area (Å²) in [6, 6.07) is 6.30. The summed E-state index contributed by atoms with van der Waals surface area (Å²) >= 11 is 0. The van der Waals surface area contributed by atoms with Crippen molar-refractivity contribution in [3.05, 3.63) is 47.6 Å². The van der Waals surface area contributed by atoms with Crippen molar-refractivity contribution < 1.29 is 0 Å². The van der Waals surface area contributed by atoms with Gasteiger partial charge in [0.2, 0.25) is 0 Å². The number of benzene rings is 1. The molecule has 0 radical (unpaired) electrons. The molecular formula is C13H13N. The molecule has 1 aliphatic rings. The monoisotopic (exact) mass is 183 g/mol. The SMILES string of the molecule is C=Nc1ccc(C2=CC=CC2)cc1C. The molecule has 0 saturated carbocycles. The van der Waals surface area contributed by atoms with Gasteiger partial charge in [0.25, 0.3) is 0 Å². The lowest BCUT2D eigenvalue weighted by Crippen LogP contribution is -1.83. The summed E-state index contributed by atoms with van der Waals surface area (Å²) in [5, 5.41) is 0. The molecule has 0 saturated heterocycles. The molecule has 2 rings (SSSR count). The van der Waals surface area contributed by atoms with E-state index in [0.29, 0.717) is 0 Å². The van der Waals surface area contributed by atoms with Crippen LogP contribution in [0.15, 0.2) is 41.4 Å². The Balaban J connectivity index is 2.37. The van der Waals surface area contributed by atoms with Crippen LogP contribution in [0.25, 0.3) is 5.57 Å². The van der Waals surface area contributed by atoms with Gasteiger partial charge in [0.15, 0.2) is 0 Å². The highest BCUT2D eigenvalue weighted by atomic mass is 14.7. The standard InChI is InChI=1S/C13H13N/c1-10-9-12(7-8-13(10)14-2)11-5-3-4-6-11/h3-5,7-9H,2,6H2,1H3. The number of rotatable bonds is 2. The maximum Gasteiger partial charge on any atom is 0.0651 e. The Morgan fingerprint density at radius 3 is 2.79 bits per heavy atom. The molecule has 0 N–H and O–H groups in total. The predicted octanol–water partition coefficient (Wildman–Crippen LogP) is 3.67. The Morgan fingerprint density at radius 1 is 1.36 bits per heavy atom. The second-order valence-electron chi connectivity index (χ2n) is 3.48. The summed E-state index contributed by atoms with van der Waals surface area (Å²) in [6.45, 7) is 5.61. The lowest BCUT2D eigenvalue weighted by molar-refractivity contribution is 1.36. The van der Waals surface area contributed by atoms with Crippen LogP contribution in [0.2, 0.25) is 0 Å². The fourth-order valence-corrected chi connectivity index (χ4v) is 1.69. The van der Waals surface area contributed by atoms with Crippen molar-refractivity contribution in [2.75, 3.05) is 0 Å². The van der Waals surface area contributed by atoms with Gasteiger partial charge in [-0.3, -0.25) is 4.99 Å². The lowest BCUT2D eigenvalue weighted by Gasteiger charge is -2.05. The first-order valence-corrected chi connectivity index (χ1v) is 4.75. The first-order valence-electron chi connectivity index (χ1n) is 4.75. The molecule has 0 bridgehead atoms. The molecule has 0 spiro atoms. The summed E-state index contributed by atoms with van der Waals surface area (Å²) in [5.74, 6) is 0. The molecule has 0 unspecified atom stereocenters. The van der Waals surface area contributed by atoms with Crippen LogP contribution in [0.1, 0.15) is 17.5 Å². The van der Waals surface area contributed by atoms with Crippen LogP contribution in [0.5, 0.6) is 0 Å². The average Bonchev–Trinajstić information content (AvgIpc) is 2.70. The van der Waals surface area contributed by atoms with Gasteiger partial charge in [0.05, 0.1) is 5.69 Å². The van der Waals surface area contributed by atoms with Crippen LogP contribution in [0, 0.1) is 6.92 Å². The van der Waals surface area contributed by atoms with Gasteiger partial charge in [-0.25, -0.2) is 0 Å². The van der Waals surface area contributed by atoms with Crippen LogP contribution in [-0.4, -0.2) is 6.72 Å². The molecule has 0 heterocycles. The van der Waals surface area contributed by atoms with Gasteiger partial charge < -0.3 is 0 Å². The summed E-state index contributed by atoms with van der Waals surface area (Å²) in [5.41, 5.74) is 4.83. The molecule has 0 atom stereocenters. The zero-order valence-electron chi connectivity index (χ0n) is 8.33. The van der Waals surface area contributed by atoms with E-state index >= 15 is 0 Å². The van der Waals surface area contributed by atoms with Crippen LogP contribution in [0.3, 0.4) is 0 Å². The van der Waals surface area contributed by atoms with Gasteiger partial charge in [-0.2, -0.15) is 0 Å². The summed E-state index contributed by atoms with van der Waals surface area (Å²) in [6.07, 6.45) is 7.48. The minimum atomic E-state index is 0.973. The second kappa shape index (κ2) is 3.62. The highest BCUT2D eigenvalue weighted by Crippen LogP contribution is 2.27. The van der Waals surface area contributed by atoms with Crippen LogP contribution in [-0.2, 0) is 0 Å². The quantitative estimate of drug-likeness (QED) is 0.620. The van der Waals surface area contributed by atoms with Crippen LogP contribution >= 0.6 is 0 Å². The average molecular weight is 183 g/mol. The molecule has 0 aliphatic heterocycles. The topological polar surface area (TPSA) is 12.4 Å². The van der Waals surface area contributed by atoms with E-state index in [4.69, 9.17) is 0 Å². The Bertz CT molecular complexity index is 425. The van der Waals surface area contributed by atoms with Gasteiger partial charge in [-0.15, -0.1) is 0 Å². The summed E-state index contributed by atoms with van der Waals surface area (Å²) < 4.78 is 0. The highest BCUT2D eigenvalue weighted by molar-refractivity contribution is 5.72. The number of nitrogens with zero attached hydrogens (tertiary/aromatic N) is 1. The number of aliphatic imine (C=N–C) groups is 1. The fraction of sp³-hybridized carbons (Fsp3) is 0.154. The van der Waals surface area contributed by atoms with Crippen molar-refractivity contribution >= 4 is 18.0 Å². The Kier molecular flexibility index (Phi) is 2.32. The summed E-state index contributed by atoms with van der Waals surface area (Å²) in [7, 11) is 0. The van der Waals surface area contributed by atoms with Crippen molar-refractivity contribution in [3.63, 3.8) is 0 Å². The number of hydrogen-bond donors (Lipinski definition) is 0. The second-order valence-corrected chi connectivity index (χ2v) is 3.48. The summed E-state index contributed by atoms with van der Waals surface area (Å²) in [4.78, 5) is 3.95. The molecule has 0 fully saturated rings. The normalized spacial score (nSPS) is 14.2. The molecule has 0 aromatic heterocycles. The van der Waals surface area contributed by atoms with E-state index in [1.165, 1.54) is 16.7 Å². The van der Waals surface area contributed by atoms with Crippen LogP contribution in [0.4, 0.5) is 5.69 Å². The van der Waals surface area contributed by atoms with Crippen molar-refractivity contribution in [3.8, 4) is 0 Å². The van der Waals surface area contributed by atoms with E-state index in [0.717, 1.165) is 12.1 Å². The molecule has 14 heavy (non-hydrogen) atoms. The predicted molar refractivity (Wildman–Crippen MR) is 62.1 cm³/mol.